The van der Waals surface area contributed by atoms with Crippen LogP contribution in [0.4, 0.5) is 0 Å². The third-order valence-corrected chi connectivity index (χ3v) is 2.90. The van der Waals surface area contributed by atoms with Crippen LogP contribution < -0.4 is 0 Å². The van der Waals surface area contributed by atoms with Crippen molar-refractivity contribution in [3.8, 4) is 0 Å². The van der Waals surface area contributed by atoms with Crippen molar-refractivity contribution < 1.29 is 0 Å². The van der Waals surface area contributed by atoms with Crippen molar-refractivity contribution in [3.05, 3.63) is 0 Å². The maximum atomic E-state index is 7.53. The van der Waals surface area contributed by atoms with Gasteiger partial charge in [0.1, 0.15) is 0 Å². The third-order valence-electron chi connectivity index (χ3n) is 2.90. The van der Waals surface area contributed by atoms with Crippen LogP contribution in [0.3, 0.4) is 0 Å². The van der Waals surface area contributed by atoms with Gasteiger partial charge in [-0.2, -0.15) is 0 Å². The lowest BCUT2D eigenvalue weighted by Crippen LogP contribution is -2.34. The minimum absolute atomic E-state index is 0.644. The summed E-state index contributed by atoms with van der Waals surface area (Å²) in [6.45, 7) is 1.88. The Morgan fingerprint density at radius 3 is 2.08 bits per heavy atom. The molecule has 70 valence electrons. The molecule has 1 aliphatic carbocycles. The Morgan fingerprint density at radius 1 is 1.17 bits per heavy atom. The van der Waals surface area contributed by atoms with Gasteiger partial charge >= 0.3 is 0 Å². The van der Waals surface area contributed by atoms with Crippen LogP contribution in [0.1, 0.15) is 45.4 Å². The zero-order valence-corrected chi connectivity index (χ0v) is 8.27. The SMILES string of the molecule is CC(=N)N(C)C1CCCCCC1. The summed E-state index contributed by atoms with van der Waals surface area (Å²) < 4.78 is 0. The normalized spacial score (nSPS) is 20.2. The quantitative estimate of drug-likeness (QED) is 0.364. The van der Waals surface area contributed by atoms with Crippen LogP contribution in [0.5, 0.6) is 0 Å². The largest absolute Gasteiger partial charge is 0.361 e. The summed E-state index contributed by atoms with van der Waals surface area (Å²) in [6.07, 6.45) is 8.05. The third kappa shape index (κ3) is 2.50. The van der Waals surface area contributed by atoms with Gasteiger partial charge in [-0.3, -0.25) is 5.41 Å². The van der Waals surface area contributed by atoms with E-state index in [-0.39, 0.29) is 0 Å². The second-order valence-electron chi connectivity index (χ2n) is 3.84. The summed E-state index contributed by atoms with van der Waals surface area (Å²) in [5.74, 6) is 0.710. The first-order valence-corrected chi connectivity index (χ1v) is 5.00. The summed E-state index contributed by atoms with van der Waals surface area (Å²) in [5, 5.41) is 7.53. The van der Waals surface area contributed by atoms with Crippen LogP contribution in [-0.2, 0) is 0 Å². The topological polar surface area (TPSA) is 27.1 Å². The number of nitrogens with zero attached hydrogens (tertiary/aromatic N) is 1. The van der Waals surface area contributed by atoms with E-state index in [2.05, 4.69) is 11.9 Å². The van der Waals surface area contributed by atoms with Crippen LogP contribution in [0, 0.1) is 5.41 Å². The molecule has 0 aliphatic heterocycles. The Balaban J connectivity index is 2.42. The van der Waals surface area contributed by atoms with Crippen molar-refractivity contribution in [1.29, 1.82) is 5.41 Å². The molecule has 0 aromatic heterocycles. The minimum atomic E-state index is 0.644. The summed E-state index contributed by atoms with van der Waals surface area (Å²) in [7, 11) is 2.05. The average molecular weight is 168 g/mol. The lowest BCUT2D eigenvalue weighted by atomic mass is 10.1. The highest BCUT2D eigenvalue weighted by atomic mass is 15.2. The Hall–Kier alpha value is -0.530. The van der Waals surface area contributed by atoms with Gasteiger partial charge in [-0.15, -0.1) is 0 Å². The van der Waals surface area contributed by atoms with Crippen LogP contribution in [-0.4, -0.2) is 23.8 Å². The van der Waals surface area contributed by atoms with Gasteiger partial charge in [-0.1, -0.05) is 25.7 Å². The molecule has 0 bridgehead atoms. The summed E-state index contributed by atoms with van der Waals surface area (Å²) in [6, 6.07) is 0.644. The van der Waals surface area contributed by atoms with E-state index in [4.69, 9.17) is 5.41 Å². The summed E-state index contributed by atoms with van der Waals surface area (Å²) >= 11 is 0. The Morgan fingerprint density at radius 2 is 1.67 bits per heavy atom. The average Bonchev–Trinajstić information content (AvgIpc) is 2.30. The zero-order valence-electron chi connectivity index (χ0n) is 8.27. The molecule has 1 saturated carbocycles. The van der Waals surface area contributed by atoms with Crippen molar-refractivity contribution in [2.75, 3.05) is 7.05 Å². The van der Waals surface area contributed by atoms with E-state index in [1.165, 1.54) is 38.5 Å². The molecule has 0 atom stereocenters. The summed E-state index contributed by atoms with van der Waals surface area (Å²) in [5.41, 5.74) is 0. The molecule has 1 N–H and O–H groups in total. The van der Waals surface area contributed by atoms with Crippen molar-refractivity contribution in [2.45, 2.75) is 51.5 Å². The molecular formula is C10H20N2. The molecule has 0 amide bonds. The monoisotopic (exact) mass is 168 g/mol. The fraction of sp³-hybridized carbons (Fsp3) is 0.900. The van der Waals surface area contributed by atoms with Crippen molar-refractivity contribution in [1.82, 2.24) is 4.90 Å². The Labute approximate surface area is 75.5 Å². The van der Waals surface area contributed by atoms with E-state index in [0.717, 1.165) is 0 Å². The fourth-order valence-electron chi connectivity index (χ4n) is 1.92. The Bertz CT molecular complexity index is 146. The Kier molecular flexibility index (Phi) is 3.57. The number of hydrogen-bond donors (Lipinski definition) is 1. The van der Waals surface area contributed by atoms with E-state index in [0.29, 0.717) is 11.9 Å². The number of rotatable bonds is 1. The van der Waals surface area contributed by atoms with Crippen molar-refractivity contribution in [3.63, 3.8) is 0 Å². The molecule has 0 aromatic rings. The molecule has 2 heteroatoms. The highest BCUT2D eigenvalue weighted by molar-refractivity contribution is 5.76. The second kappa shape index (κ2) is 4.48. The van der Waals surface area contributed by atoms with E-state index in [1.807, 2.05) is 6.92 Å². The van der Waals surface area contributed by atoms with Crippen LogP contribution in [0.25, 0.3) is 0 Å². The lowest BCUT2D eigenvalue weighted by molar-refractivity contribution is 0.327. The first-order chi connectivity index (χ1) is 5.72. The van der Waals surface area contributed by atoms with Gasteiger partial charge in [0.25, 0.3) is 0 Å². The fourth-order valence-corrected chi connectivity index (χ4v) is 1.92. The van der Waals surface area contributed by atoms with Crippen LogP contribution in [0.15, 0.2) is 0 Å². The van der Waals surface area contributed by atoms with E-state index >= 15 is 0 Å². The van der Waals surface area contributed by atoms with Crippen molar-refractivity contribution >= 4 is 5.84 Å². The first kappa shape index (κ1) is 9.56. The molecule has 12 heavy (non-hydrogen) atoms. The standard InChI is InChI=1S/C10H20N2/c1-9(11)12(2)10-7-5-3-4-6-8-10/h10-11H,3-8H2,1-2H3. The smallest absolute Gasteiger partial charge is 0.0925 e. The lowest BCUT2D eigenvalue weighted by Gasteiger charge is -2.27. The van der Waals surface area contributed by atoms with Gasteiger partial charge in [0.05, 0.1) is 5.84 Å². The number of amidine groups is 1. The van der Waals surface area contributed by atoms with E-state index in [9.17, 15) is 0 Å². The van der Waals surface area contributed by atoms with Crippen LogP contribution in [0.2, 0.25) is 0 Å². The van der Waals surface area contributed by atoms with Gasteiger partial charge < -0.3 is 4.90 Å². The van der Waals surface area contributed by atoms with Gasteiger partial charge in [-0.05, 0) is 19.8 Å². The number of nitrogens with one attached hydrogen (secondary N) is 1. The molecule has 0 saturated heterocycles. The minimum Gasteiger partial charge on any atom is -0.361 e. The van der Waals surface area contributed by atoms with Gasteiger partial charge in [0.15, 0.2) is 0 Å². The zero-order chi connectivity index (χ0) is 8.97. The molecule has 0 radical (unpaired) electrons. The van der Waals surface area contributed by atoms with E-state index < -0.39 is 0 Å². The van der Waals surface area contributed by atoms with Gasteiger partial charge in [0, 0.05) is 13.1 Å². The maximum Gasteiger partial charge on any atom is 0.0925 e. The molecule has 0 heterocycles. The highest BCUT2D eigenvalue weighted by Gasteiger charge is 2.16. The molecule has 2 nitrogen and oxygen atoms in total. The van der Waals surface area contributed by atoms with Crippen LogP contribution >= 0.6 is 0 Å². The molecule has 1 rings (SSSR count). The van der Waals surface area contributed by atoms with Gasteiger partial charge in [-0.25, -0.2) is 0 Å². The maximum absolute atomic E-state index is 7.53. The molecule has 0 spiro atoms. The molecular weight excluding hydrogens is 148 g/mol. The predicted octanol–water partition coefficient (Wildman–Crippen LogP) is 2.64. The summed E-state index contributed by atoms with van der Waals surface area (Å²) in [4.78, 5) is 2.13. The predicted molar refractivity (Wildman–Crippen MR) is 52.7 cm³/mol. The molecule has 1 fully saturated rings. The van der Waals surface area contributed by atoms with Crippen molar-refractivity contribution in [2.24, 2.45) is 0 Å². The van der Waals surface area contributed by atoms with Gasteiger partial charge in [0.2, 0.25) is 0 Å². The highest BCUT2D eigenvalue weighted by Crippen LogP contribution is 2.20. The van der Waals surface area contributed by atoms with E-state index in [1.54, 1.807) is 0 Å². The first-order valence-electron chi connectivity index (χ1n) is 5.00. The number of hydrogen-bond acceptors (Lipinski definition) is 1. The molecule has 0 unspecified atom stereocenters. The molecule has 0 aromatic carbocycles. The molecule has 1 aliphatic rings. The second-order valence-corrected chi connectivity index (χ2v) is 3.84.